The minimum absolute atomic E-state index is 0.333. The number of carbonyl (C=O) groups is 1. The summed E-state index contributed by atoms with van der Waals surface area (Å²) in [6.45, 7) is 0. The third kappa shape index (κ3) is 2.33. The van der Waals surface area contributed by atoms with Gasteiger partial charge in [0.05, 0.1) is 7.11 Å². The smallest absolute Gasteiger partial charge is 0.150 e. The first-order valence-electron chi connectivity index (χ1n) is 5.14. The monoisotopic (exact) mass is 230 g/mol. The van der Waals surface area contributed by atoms with Crippen molar-refractivity contribution < 1.29 is 13.9 Å². The fraction of sp³-hybridized carbons (Fsp3) is 0.0714. The number of methoxy groups -OCH3 is 1. The van der Waals surface area contributed by atoms with Crippen LogP contribution in [-0.4, -0.2) is 13.4 Å². The Balaban J connectivity index is 2.41. The van der Waals surface area contributed by atoms with Crippen LogP contribution in [0.15, 0.2) is 42.5 Å². The molecule has 2 aromatic rings. The van der Waals surface area contributed by atoms with Gasteiger partial charge in [0.25, 0.3) is 0 Å². The molecule has 0 fully saturated rings. The van der Waals surface area contributed by atoms with Gasteiger partial charge in [-0.15, -0.1) is 0 Å². The molecule has 0 saturated heterocycles. The maximum absolute atomic E-state index is 13.7. The Morgan fingerprint density at radius 3 is 2.35 bits per heavy atom. The lowest BCUT2D eigenvalue weighted by Gasteiger charge is -2.05. The summed E-state index contributed by atoms with van der Waals surface area (Å²) in [7, 11) is 1.58. The molecule has 0 saturated carbocycles. The van der Waals surface area contributed by atoms with Crippen LogP contribution in [0.4, 0.5) is 4.39 Å². The number of ether oxygens (including phenoxy) is 1. The Hall–Kier alpha value is -2.16. The lowest BCUT2D eigenvalue weighted by Crippen LogP contribution is -1.88. The van der Waals surface area contributed by atoms with Crippen molar-refractivity contribution in [3.63, 3.8) is 0 Å². The zero-order valence-corrected chi connectivity index (χ0v) is 9.31. The molecule has 0 N–H and O–H groups in total. The summed E-state index contributed by atoms with van der Waals surface area (Å²) in [5.41, 5.74) is 1.55. The van der Waals surface area contributed by atoms with E-state index in [1.807, 2.05) is 0 Å². The number of benzene rings is 2. The minimum atomic E-state index is -0.403. The van der Waals surface area contributed by atoms with E-state index in [0.717, 1.165) is 11.3 Å². The Morgan fingerprint density at radius 1 is 1.12 bits per heavy atom. The van der Waals surface area contributed by atoms with Gasteiger partial charge in [-0.2, -0.15) is 0 Å². The average Bonchev–Trinajstić information content (AvgIpc) is 2.39. The summed E-state index contributed by atoms with van der Waals surface area (Å²) in [5.74, 6) is 0.318. The van der Waals surface area contributed by atoms with Crippen molar-refractivity contribution in [3.8, 4) is 16.9 Å². The summed E-state index contributed by atoms with van der Waals surface area (Å²) in [6, 6.07) is 11.5. The molecule has 2 aromatic carbocycles. The minimum Gasteiger partial charge on any atom is -0.497 e. The van der Waals surface area contributed by atoms with E-state index >= 15 is 0 Å². The number of hydrogen-bond donors (Lipinski definition) is 0. The fourth-order valence-corrected chi connectivity index (χ4v) is 1.61. The third-order valence-electron chi connectivity index (χ3n) is 2.53. The molecule has 0 unspecified atom stereocenters. The van der Waals surface area contributed by atoms with Gasteiger partial charge in [-0.25, -0.2) is 4.39 Å². The second-order valence-electron chi connectivity index (χ2n) is 3.59. The molecule has 3 heteroatoms. The lowest BCUT2D eigenvalue weighted by molar-refractivity contribution is 0.112. The Kier molecular flexibility index (Phi) is 3.19. The van der Waals surface area contributed by atoms with Crippen molar-refractivity contribution in [3.05, 3.63) is 53.8 Å². The third-order valence-corrected chi connectivity index (χ3v) is 2.53. The second kappa shape index (κ2) is 4.78. The van der Waals surface area contributed by atoms with Crippen LogP contribution < -0.4 is 4.74 Å². The van der Waals surface area contributed by atoms with Crippen LogP contribution in [0.2, 0.25) is 0 Å². The molecule has 2 rings (SSSR count). The molecule has 0 aliphatic rings. The first-order chi connectivity index (χ1) is 8.24. The largest absolute Gasteiger partial charge is 0.497 e. The molecular formula is C14H11FO2. The van der Waals surface area contributed by atoms with E-state index in [9.17, 15) is 9.18 Å². The van der Waals surface area contributed by atoms with Crippen LogP contribution in [0.1, 0.15) is 10.4 Å². The fourth-order valence-electron chi connectivity index (χ4n) is 1.61. The maximum Gasteiger partial charge on any atom is 0.150 e. The van der Waals surface area contributed by atoms with Gasteiger partial charge >= 0.3 is 0 Å². The van der Waals surface area contributed by atoms with E-state index in [4.69, 9.17) is 4.74 Å². The Labute approximate surface area is 98.7 Å². The molecular weight excluding hydrogens is 219 g/mol. The summed E-state index contributed by atoms with van der Waals surface area (Å²) in [4.78, 5) is 10.5. The molecule has 0 bridgehead atoms. The molecule has 0 amide bonds. The van der Waals surface area contributed by atoms with Crippen LogP contribution in [0.25, 0.3) is 11.1 Å². The normalized spacial score (nSPS) is 10.0. The van der Waals surface area contributed by atoms with Gasteiger partial charge in [0, 0.05) is 11.1 Å². The van der Waals surface area contributed by atoms with E-state index in [1.54, 1.807) is 43.5 Å². The van der Waals surface area contributed by atoms with Crippen molar-refractivity contribution in [2.24, 2.45) is 0 Å². The molecule has 0 radical (unpaired) electrons. The zero-order chi connectivity index (χ0) is 12.3. The van der Waals surface area contributed by atoms with E-state index in [2.05, 4.69) is 0 Å². The highest BCUT2D eigenvalue weighted by Gasteiger charge is 2.06. The molecule has 2 nitrogen and oxygen atoms in total. The second-order valence-corrected chi connectivity index (χ2v) is 3.59. The highest BCUT2D eigenvalue weighted by molar-refractivity contribution is 5.77. The van der Waals surface area contributed by atoms with Gasteiger partial charge in [0.15, 0.2) is 0 Å². The summed E-state index contributed by atoms with van der Waals surface area (Å²) in [5, 5.41) is 0. The predicted molar refractivity (Wildman–Crippen MR) is 63.8 cm³/mol. The Bertz CT molecular complexity index is 532. The van der Waals surface area contributed by atoms with E-state index < -0.39 is 5.82 Å². The highest BCUT2D eigenvalue weighted by atomic mass is 19.1. The summed E-state index contributed by atoms with van der Waals surface area (Å²) < 4.78 is 18.7. The van der Waals surface area contributed by atoms with Crippen molar-refractivity contribution in [2.45, 2.75) is 0 Å². The van der Waals surface area contributed by atoms with E-state index in [0.29, 0.717) is 17.4 Å². The molecule has 0 spiro atoms. The molecule has 17 heavy (non-hydrogen) atoms. The Morgan fingerprint density at radius 2 is 1.82 bits per heavy atom. The van der Waals surface area contributed by atoms with Crippen molar-refractivity contribution in [1.82, 2.24) is 0 Å². The highest BCUT2D eigenvalue weighted by Crippen LogP contribution is 2.25. The summed E-state index contributed by atoms with van der Waals surface area (Å²) >= 11 is 0. The van der Waals surface area contributed by atoms with Crippen LogP contribution >= 0.6 is 0 Å². The van der Waals surface area contributed by atoms with Crippen LogP contribution in [0.5, 0.6) is 5.75 Å². The molecule has 0 aliphatic carbocycles. The van der Waals surface area contributed by atoms with E-state index in [1.165, 1.54) is 6.07 Å². The maximum atomic E-state index is 13.7. The van der Waals surface area contributed by atoms with Gasteiger partial charge in [-0.3, -0.25) is 4.79 Å². The number of halogens is 1. The molecule has 0 atom stereocenters. The molecule has 0 aromatic heterocycles. The van der Waals surface area contributed by atoms with Gasteiger partial charge in [-0.05, 0) is 23.8 Å². The number of carbonyl (C=O) groups excluding carboxylic acids is 1. The molecule has 0 heterocycles. The standard InChI is InChI=1S/C14H11FO2/c1-17-12-5-3-11(4-6-12)13-7-2-10(9-16)8-14(13)15/h2-9H,1H3. The van der Waals surface area contributed by atoms with Crippen molar-refractivity contribution >= 4 is 6.29 Å². The van der Waals surface area contributed by atoms with Gasteiger partial charge in [0.2, 0.25) is 0 Å². The quantitative estimate of drug-likeness (QED) is 0.756. The first kappa shape index (κ1) is 11.3. The van der Waals surface area contributed by atoms with Gasteiger partial charge < -0.3 is 4.74 Å². The summed E-state index contributed by atoms with van der Waals surface area (Å²) in [6.07, 6.45) is 0.626. The van der Waals surface area contributed by atoms with Crippen LogP contribution in [0, 0.1) is 5.82 Å². The van der Waals surface area contributed by atoms with Crippen molar-refractivity contribution in [2.75, 3.05) is 7.11 Å². The SMILES string of the molecule is COc1ccc(-c2ccc(C=O)cc2F)cc1. The molecule has 86 valence electrons. The van der Waals surface area contributed by atoms with Crippen molar-refractivity contribution in [1.29, 1.82) is 0 Å². The van der Waals surface area contributed by atoms with E-state index in [-0.39, 0.29) is 0 Å². The number of rotatable bonds is 3. The lowest BCUT2D eigenvalue weighted by atomic mass is 10.0. The average molecular weight is 230 g/mol. The predicted octanol–water partition coefficient (Wildman–Crippen LogP) is 3.31. The van der Waals surface area contributed by atoms with Crippen LogP contribution in [0.3, 0.4) is 0 Å². The first-order valence-corrected chi connectivity index (χ1v) is 5.14. The van der Waals surface area contributed by atoms with Gasteiger partial charge in [-0.1, -0.05) is 24.3 Å². The van der Waals surface area contributed by atoms with Crippen LogP contribution in [-0.2, 0) is 0 Å². The topological polar surface area (TPSA) is 26.3 Å². The number of aldehydes is 1. The molecule has 0 aliphatic heterocycles. The van der Waals surface area contributed by atoms with Gasteiger partial charge in [0.1, 0.15) is 17.9 Å². The number of hydrogen-bond acceptors (Lipinski definition) is 2. The zero-order valence-electron chi connectivity index (χ0n) is 9.31.